The number of nitrogens with one attached hydrogen (secondary N) is 3. The third-order valence-corrected chi connectivity index (χ3v) is 6.36. The van der Waals surface area contributed by atoms with Crippen LogP contribution in [0.25, 0.3) is 0 Å². The Hall–Kier alpha value is -4.32. The molecule has 1 atom stereocenters. The molecule has 1 amide bonds. The van der Waals surface area contributed by atoms with E-state index in [-0.39, 0.29) is 11.6 Å². The highest BCUT2D eigenvalue weighted by Crippen LogP contribution is 2.37. The number of methoxy groups -OCH3 is 1. The van der Waals surface area contributed by atoms with Gasteiger partial charge in [-0.15, -0.1) is 0 Å². The van der Waals surface area contributed by atoms with E-state index in [1.165, 1.54) is 13.2 Å². The minimum Gasteiger partial charge on any atom is -0.494 e. The van der Waals surface area contributed by atoms with E-state index in [1.54, 1.807) is 24.3 Å². The van der Waals surface area contributed by atoms with Gasteiger partial charge < -0.3 is 30.5 Å². The topological polar surface area (TPSA) is 94.6 Å². The fourth-order valence-electron chi connectivity index (χ4n) is 4.25. The lowest BCUT2D eigenvalue weighted by molar-refractivity contribution is -0.137. The first-order valence-corrected chi connectivity index (χ1v) is 12.2. The van der Waals surface area contributed by atoms with Gasteiger partial charge in [-0.1, -0.05) is 12.6 Å². The quantitative estimate of drug-likeness (QED) is 0.316. The van der Waals surface area contributed by atoms with Gasteiger partial charge in [-0.05, 0) is 56.9 Å². The van der Waals surface area contributed by atoms with Gasteiger partial charge in [-0.25, -0.2) is 4.98 Å². The summed E-state index contributed by atoms with van der Waals surface area (Å²) in [5.74, 6) is -0.445. The van der Waals surface area contributed by atoms with Crippen LogP contribution in [-0.4, -0.2) is 61.1 Å². The van der Waals surface area contributed by atoms with Crippen LogP contribution in [0.2, 0.25) is 0 Å². The molecule has 39 heavy (non-hydrogen) atoms. The average molecular weight is 542 g/mol. The van der Waals surface area contributed by atoms with Crippen LogP contribution in [-0.2, 0) is 11.0 Å². The molecule has 0 bridgehead atoms. The molecule has 9 nitrogen and oxygen atoms in total. The van der Waals surface area contributed by atoms with E-state index in [1.807, 2.05) is 12.1 Å². The molecule has 1 aliphatic rings. The van der Waals surface area contributed by atoms with E-state index in [0.717, 1.165) is 31.3 Å². The number of aromatic nitrogens is 2. The molecule has 206 valence electrons. The molecular weight excluding hydrogens is 511 g/mol. The Morgan fingerprint density at radius 3 is 2.62 bits per heavy atom. The SMILES string of the molecule is C=CC(=O)Nc1cccc(Nc2nc(Nc3ccc(N4CCC(N(C)C)C4)cc3OC)ncc2C(F)(F)F)c1. The largest absolute Gasteiger partial charge is 0.494 e. The van der Waals surface area contributed by atoms with Crippen molar-refractivity contribution in [1.82, 2.24) is 14.9 Å². The zero-order valence-electron chi connectivity index (χ0n) is 21.8. The maximum absolute atomic E-state index is 13.8. The number of carbonyl (C=O) groups is 1. The van der Waals surface area contributed by atoms with Crippen LogP contribution in [0.3, 0.4) is 0 Å². The second kappa shape index (κ2) is 11.6. The van der Waals surface area contributed by atoms with Crippen LogP contribution >= 0.6 is 0 Å². The molecule has 3 aromatic rings. The molecule has 0 spiro atoms. The Labute approximate surface area is 224 Å². The smallest absolute Gasteiger partial charge is 0.421 e. The zero-order chi connectivity index (χ0) is 28.2. The van der Waals surface area contributed by atoms with Crippen molar-refractivity contribution in [2.75, 3.05) is 55.1 Å². The minimum absolute atomic E-state index is 0.0542. The summed E-state index contributed by atoms with van der Waals surface area (Å²) in [6, 6.07) is 12.3. The minimum atomic E-state index is -4.70. The third kappa shape index (κ3) is 6.77. The van der Waals surface area contributed by atoms with Gasteiger partial charge in [0.2, 0.25) is 11.9 Å². The van der Waals surface area contributed by atoms with Gasteiger partial charge in [-0.3, -0.25) is 4.79 Å². The van der Waals surface area contributed by atoms with Crippen molar-refractivity contribution >= 4 is 40.4 Å². The van der Waals surface area contributed by atoms with Gasteiger partial charge >= 0.3 is 6.18 Å². The number of anilines is 6. The van der Waals surface area contributed by atoms with Crippen molar-refractivity contribution < 1.29 is 22.7 Å². The first-order chi connectivity index (χ1) is 18.6. The molecule has 1 aliphatic heterocycles. The number of hydrogen-bond acceptors (Lipinski definition) is 8. The Bertz CT molecular complexity index is 1350. The molecule has 2 heterocycles. The van der Waals surface area contributed by atoms with Gasteiger partial charge in [0.1, 0.15) is 17.1 Å². The molecule has 2 aromatic carbocycles. The molecule has 1 saturated heterocycles. The average Bonchev–Trinajstić information content (AvgIpc) is 3.39. The van der Waals surface area contributed by atoms with Crippen molar-refractivity contribution in [3.63, 3.8) is 0 Å². The number of ether oxygens (including phenoxy) is 1. The predicted octanol–water partition coefficient (Wildman–Crippen LogP) is 5.26. The summed E-state index contributed by atoms with van der Waals surface area (Å²) in [4.78, 5) is 24.1. The van der Waals surface area contributed by atoms with E-state index in [4.69, 9.17) is 4.74 Å². The van der Waals surface area contributed by atoms with Crippen LogP contribution in [0.5, 0.6) is 5.75 Å². The van der Waals surface area contributed by atoms with E-state index in [0.29, 0.717) is 29.4 Å². The van der Waals surface area contributed by atoms with Crippen LogP contribution in [0.4, 0.5) is 47.7 Å². The van der Waals surface area contributed by atoms with Crippen molar-refractivity contribution in [3.8, 4) is 5.75 Å². The van der Waals surface area contributed by atoms with E-state index in [2.05, 4.69) is 56.4 Å². The number of rotatable bonds is 9. The number of carbonyl (C=O) groups excluding carboxylic acids is 1. The lowest BCUT2D eigenvalue weighted by Crippen LogP contribution is -2.31. The summed E-state index contributed by atoms with van der Waals surface area (Å²) in [6.45, 7) is 5.18. The molecule has 0 radical (unpaired) electrons. The molecule has 1 fully saturated rings. The van der Waals surface area contributed by atoms with E-state index < -0.39 is 23.5 Å². The first kappa shape index (κ1) is 27.7. The first-order valence-electron chi connectivity index (χ1n) is 12.2. The molecule has 4 rings (SSSR count). The number of hydrogen-bond donors (Lipinski definition) is 3. The third-order valence-electron chi connectivity index (χ3n) is 6.36. The Morgan fingerprint density at radius 2 is 1.95 bits per heavy atom. The standard InChI is InChI=1S/C27H30F3N7O2/c1-5-24(38)32-17-7-6-8-18(13-17)33-25-21(27(28,29)30)15-31-26(35-25)34-22-10-9-19(14-23(22)39-4)37-12-11-20(16-37)36(2)3/h5-10,13-15,20H,1,11-12,16H2,2-4H3,(H,32,38)(H2,31,33,34,35). The second-order valence-electron chi connectivity index (χ2n) is 9.21. The molecule has 12 heteroatoms. The number of halogens is 3. The summed E-state index contributed by atoms with van der Waals surface area (Å²) in [5.41, 5.74) is 1.12. The summed E-state index contributed by atoms with van der Waals surface area (Å²) in [7, 11) is 5.65. The van der Waals surface area contributed by atoms with Gasteiger partial charge in [-0.2, -0.15) is 18.2 Å². The molecule has 0 saturated carbocycles. The number of benzene rings is 2. The van der Waals surface area contributed by atoms with Gasteiger partial charge in [0.15, 0.2) is 0 Å². The lowest BCUT2D eigenvalue weighted by Gasteiger charge is -2.23. The van der Waals surface area contributed by atoms with Gasteiger partial charge in [0, 0.05) is 48.5 Å². The summed E-state index contributed by atoms with van der Waals surface area (Å²) in [5, 5.41) is 8.23. The normalized spacial score (nSPS) is 15.3. The van der Waals surface area contributed by atoms with Crippen LogP contribution in [0.15, 0.2) is 61.3 Å². The highest BCUT2D eigenvalue weighted by atomic mass is 19.4. The Morgan fingerprint density at radius 1 is 1.18 bits per heavy atom. The maximum atomic E-state index is 13.8. The number of nitrogens with zero attached hydrogens (tertiary/aromatic N) is 4. The fourth-order valence-corrected chi connectivity index (χ4v) is 4.25. The fraction of sp³-hybridized carbons (Fsp3) is 0.296. The van der Waals surface area contributed by atoms with Crippen LogP contribution in [0.1, 0.15) is 12.0 Å². The van der Waals surface area contributed by atoms with Crippen molar-refractivity contribution in [2.45, 2.75) is 18.6 Å². The number of amides is 1. The van der Waals surface area contributed by atoms with Gasteiger partial charge in [0.25, 0.3) is 0 Å². The van der Waals surface area contributed by atoms with Gasteiger partial charge in [0.05, 0.1) is 12.8 Å². The second-order valence-corrected chi connectivity index (χ2v) is 9.21. The van der Waals surface area contributed by atoms with Crippen molar-refractivity contribution in [1.29, 1.82) is 0 Å². The number of likely N-dealkylation sites (N-methyl/N-ethyl adjacent to an activating group) is 1. The molecular formula is C27H30F3N7O2. The summed E-state index contributed by atoms with van der Waals surface area (Å²) in [6.07, 6.45) is -1.84. The van der Waals surface area contributed by atoms with E-state index in [9.17, 15) is 18.0 Å². The molecule has 3 N–H and O–H groups in total. The monoisotopic (exact) mass is 541 g/mol. The predicted molar refractivity (Wildman–Crippen MR) is 146 cm³/mol. The molecule has 1 unspecified atom stereocenters. The van der Waals surface area contributed by atoms with E-state index >= 15 is 0 Å². The maximum Gasteiger partial charge on any atom is 0.421 e. The summed E-state index contributed by atoms with van der Waals surface area (Å²) < 4.78 is 46.8. The lowest BCUT2D eigenvalue weighted by atomic mass is 10.2. The Kier molecular flexibility index (Phi) is 8.24. The van der Waals surface area contributed by atoms with Crippen LogP contribution in [0, 0.1) is 0 Å². The highest BCUT2D eigenvalue weighted by Gasteiger charge is 2.35. The molecule has 1 aromatic heterocycles. The Balaban J connectivity index is 1.59. The number of alkyl halides is 3. The van der Waals surface area contributed by atoms with Crippen molar-refractivity contribution in [3.05, 3.63) is 66.9 Å². The van der Waals surface area contributed by atoms with Crippen molar-refractivity contribution in [2.24, 2.45) is 0 Å². The highest BCUT2D eigenvalue weighted by molar-refractivity contribution is 5.99. The van der Waals surface area contributed by atoms with Crippen LogP contribution < -0.4 is 25.6 Å². The zero-order valence-corrected chi connectivity index (χ0v) is 21.8. The summed E-state index contributed by atoms with van der Waals surface area (Å²) >= 11 is 0. The molecule has 0 aliphatic carbocycles.